The van der Waals surface area contributed by atoms with Gasteiger partial charge >= 0.3 is 12.2 Å². The van der Waals surface area contributed by atoms with E-state index in [1.165, 1.54) is 18.6 Å². The van der Waals surface area contributed by atoms with Crippen molar-refractivity contribution in [2.24, 2.45) is 0 Å². The first-order valence-corrected chi connectivity index (χ1v) is 13.3. The zero-order valence-corrected chi connectivity index (χ0v) is 21.3. The van der Waals surface area contributed by atoms with Crippen LogP contribution in [0.2, 0.25) is 0 Å². The summed E-state index contributed by atoms with van der Waals surface area (Å²) in [5, 5.41) is 18.3. The second kappa shape index (κ2) is 11.4. The number of nitrogens with one attached hydrogen (secondary N) is 3. The lowest BCUT2D eigenvalue weighted by Crippen LogP contribution is -2.48. The third-order valence-electron chi connectivity index (χ3n) is 7.61. The number of aliphatic hydroxyl groups is 1. The first kappa shape index (κ1) is 27.3. The zero-order chi connectivity index (χ0) is 27.6. The van der Waals surface area contributed by atoms with Gasteiger partial charge in [-0.25, -0.2) is 4.79 Å². The minimum Gasteiger partial charge on any atom is -0.487 e. The van der Waals surface area contributed by atoms with E-state index >= 15 is 0 Å². The Labute approximate surface area is 224 Å². The Morgan fingerprint density at radius 3 is 2.36 bits per heavy atom. The van der Waals surface area contributed by atoms with Gasteiger partial charge in [0, 0.05) is 28.9 Å². The van der Waals surface area contributed by atoms with Crippen LogP contribution in [0.15, 0.2) is 42.5 Å². The number of aliphatic hydroxyl groups excluding tert-OH is 1. The number of halogens is 3. The molecule has 11 heteroatoms. The number of carbonyl (C=O) groups is 2. The van der Waals surface area contributed by atoms with E-state index in [2.05, 4.69) is 16.0 Å². The fraction of sp³-hybridized carbons (Fsp3) is 0.500. The highest BCUT2D eigenvalue weighted by molar-refractivity contribution is 5.99. The first-order chi connectivity index (χ1) is 18.7. The predicted octanol–water partition coefficient (Wildman–Crippen LogP) is 5.18. The number of amides is 3. The van der Waals surface area contributed by atoms with E-state index < -0.39 is 30.0 Å². The van der Waals surface area contributed by atoms with Crippen molar-refractivity contribution in [3.05, 3.63) is 53.6 Å². The molecule has 0 radical (unpaired) electrons. The second-order valence-electron chi connectivity index (χ2n) is 10.4. The third-order valence-corrected chi connectivity index (χ3v) is 7.61. The summed E-state index contributed by atoms with van der Waals surface area (Å²) in [5.41, 5.74) is 0.728. The standard InChI is InChI=1S/C28H32F3N3O5/c29-28(30,31)16-6-8-18(9-7-16)33-27(37)34-19-10-11-23-21(12-19)22-13-20(38-24(15-35)26(22)39-23)14-25(36)32-17-4-2-1-3-5-17/h6-12,17,20,22,24,26,35H,1-5,13-15H2,(H,32,36)(H2,33,34,37)/t20-,22+,24+,26-/m1/s1. The molecule has 2 aromatic carbocycles. The predicted molar refractivity (Wildman–Crippen MR) is 138 cm³/mol. The molecular weight excluding hydrogens is 515 g/mol. The molecule has 8 nitrogen and oxygen atoms in total. The molecule has 0 bridgehead atoms. The van der Waals surface area contributed by atoms with E-state index in [4.69, 9.17) is 9.47 Å². The van der Waals surface area contributed by atoms with Crippen molar-refractivity contribution in [3.8, 4) is 5.75 Å². The summed E-state index contributed by atoms with van der Waals surface area (Å²) in [6, 6.07) is 8.93. The van der Waals surface area contributed by atoms with E-state index in [0.717, 1.165) is 43.4 Å². The van der Waals surface area contributed by atoms with Gasteiger partial charge < -0.3 is 30.5 Å². The highest BCUT2D eigenvalue weighted by Crippen LogP contribution is 2.47. The number of rotatable bonds is 6. The van der Waals surface area contributed by atoms with Crippen molar-refractivity contribution in [2.75, 3.05) is 17.2 Å². The van der Waals surface area contributed by atoms with Crippen molar-refractivity contribution in [3.63, 3.8) is 0 Å². The Bertz CT molecular complexity index is 1180. The number of alkyl halides is 3. The monoisotopic (exact) mass is 547 g/mol. The van der Waals surface area contributed by atoms with Crippen LogP contribution in [-0.2, 0) is 15.7 Å². The molecule has 2 heterocycles. The van der Waals surface area contributed by atoms with Crippen LogP contribution in [-0.4, -0.2) is 48.0 Å². The van der Waals surface area contributed by atoms with Crippen LogP contribution in [0.3, 0.4) is 0 Å². The number of hydrogen-bond acceptors (Lipinski definition) is 5. The summed E-state index contributed by atoms with van der Waals surface area (Å²) in [4.78, 5) is 25.2. The number of benzene rings is 2. The van der Waals surface area contributed by atoms with Gasteiger partial charge in [-0.15, -0.1) is 0 Å². The summed E-state index contributed by atoms with van der Waals surface area (Å²) in [5.74, 6) is 0.419. The maximum Gasteiger partial charge on any atom is 0.416 e. The van der Waals surface area contributed by atoms with Crippen LogP contribution >= 0.6 is 0 Å². The molecule has 0 aromatic heterocycles. The zero-order valence-electron chi connectivity index (χ0n) is 21.3. The lowest BCUT2D eigenvalue weighted by atomic mass is 9.84. The SMILES string of the molecule is O=C(C[C@H]1C[C@H]2c3cc(NC(=O)Nc4ccc(C(F)(F)F)cc4)ccc3O[C@H]2[C@H](CO)O1)NC1CCCCC1. The molecule has 2 fully saturated rings. The van der Waals surface area contributed by atoms with E-state index in [9.17, 15) is 27.9 Å². The summed E-state index contributed by atoms with van der Waals surface area (Å²) in [7, 11) is 0. The molecule has 3 aliphatic rings. The number of urea groups is 1. The fourth-order valence-corrected chi connectivity index (χ4v) is 5.74. The first-order valence-electron chi connectivity index (χ1n) is 13.3. The molecule has 2 aliphatic heterocycles. The maximum atomic E-state index is 12.8. The van der Waals surface area contributed by atoms with Crippen LogP contribution in [0, 0.1) is 0 Å². The molecule has 4 N–H and O–H groups in total. The smallest absolute Gasteiger partial charge is 0.416 e. The van der Waals surface area contributed by atoms with E-state index in [1.54, 1.807) is 18.2 Å². The van der Waals surface area contributed by atoms with Gasteiger partial charge in [0.1, 0.15) is 18.0 Å². The Morgan fingerprint density at radius 2 is 1.67 bits per heavy atom. The van der Waals surface area contributed by atoms with Gasteiger partial charge in [-0.1, -0.05) is 19.3 Å². The van der Waals surface area contributed by atoms with Crippen molar-refractivity contribution in [1.82, 2.24) is 5.32 Å². The highest BCUT2D eigenvalue weighted by Gasteiger charge is 2.46. The molecule has 0 spiro atoms. The van der Waals surface area contributed by atoms with E-state index in [-0.39, 0.29) is 42.7 Å². The molecule has 1 aliphatic carbocycles. The largest absolute Gasteiger partial charge is 0.487 e. The third kappa shape index (κ3) is 6.47. The van der Waals surface area contributed by atoms with Gasteiger partial charge in [-0.2, -0.15) is 13.2 Å². The molecule has 5 rings (SSSR count). The second-order valence-corrected chi connectivity index (χ2v) is 10.4. The lowest BCUT2D eigenvalue weighted by molar-refractivity contribution is -0.143. The molecule has 0 unspecified atom stereocenters. The quantitative estimate of drug-likeness (QED) is 0.399. The molecule has 4 atom stereocenters. The van der Waals surface area contributed by atoms with Crippen molar-refractivity contribution in [1.29, 1.82) is 0 Å². The molecule has 2 aromatic rings. The number of carbonyl (C=O) groups excluding carboxylic acids is 2. The van der Waals surface area contributed by atoms with E-state index in [1.807, 2.05) is 0 Å². The van der Waals surface area contributed by atoms with Gasteiger partial charge in [-0.3, -0.25) is 4.79 Å². The van der Waals surface area contributed by atoms with Crippen LogP contribution in [0.25, 0.3) is 0 Å². The van der Waals surface area contributed by atoms with Crippen LogP contribution < -0.4 is 20.7 Å². The average Bonchev–Trinajstić information content (AvgIpc) is 3.26. The van der Waals surface area contributed by atoms with Gasteiger partial charge in [0.2, 0.25) is 5.91 Å². The molecule has 1 saturated carbocycles. The summed E-state index contributed by atoms with van der Waals surface area (Å²) >= 11 is 0. The minimum atomic E-state index is -4.46. The van der Waals surface area contributed by atoms with Gasteiger partial charge in [0.15, 0.2) is 0 Å². The average molecular weight is 548 g/mol. The highest BCUT2D eigenvalue weighted by atomic mass is 19.4. The van der Waals surface area contributed by atoms with Gasteiger partial charge in [-0.05, 0) is 61.7 Å². The van der Waals surface area contributed by atoms with Crippen molar-refractivity contribution in [2.45, 2.75) is 81.4 Å². The van der Waals surface area contributed by atoms with E-state index in [0.29, 0.717) is 17.9 Å². The topological polar surface area (TPSA) is 109 Å². The number of fused-ring (bicyclic) bond motifs is 3. The molecule has 1 saturated heterocycles. The number of ether oxygens (including phenoxy) is 2. The van der Waals surface area contributed by atoms with Crippen LogP contribution in [0.1, 0.15) is 62.0 Å². The molecule has 39 heavy (non-hydrogen) atoms. The maximum absolute atomic E-state index is 12.8. The Kier molecular flexibility index (Phi) is 7.99. The summed E-state index contributed by atoms with van der Waals surface area (Å²) in [6.45, 7) is -0.253. The fourth-order valence-electron chi connectivity index (χ4n) is 5.74. The number of hydrogen-bond donors (Lipinski definition) is 4. The Hall–Kier alpha value is -3.31. The van der Waals surface area contributed by atoms with Gasteiger partial charge in [0.05, 0.1) is 24.7 Å². The summed E-state index contributed by atoms with van der Waals surface area (Å²) in [6.07, 6.45) is 0.279. The van der Waals surface area contributed by atoms with Crippen molar-refractivity contribution < 1.29 is 37.3 Å². The normalized spacial score (nSPS) is 24.7. The number of anilines is 2. The molecule has 3 amide bonds. The molecular formula is C28H32F3N3O5. The van der Waals surface area contributed by atoms with Crippen LogP contribution in [0.4, 0.5) is 29.3 Å². The van der Waals surface area contributed by atoms with Crippen LogP contribution in [0.5, 0.6) is 5.75 Å². The Balaban J connectivity index is 1.22. The Morgan fingerprint density at radius 1 is 0.974 bits per heavy atom. The minimum absolute atomic E-state index is 0.0588. The van der Waals surface area contributed by atoms with Crippen molar-refractivity contribution >= 4 is 23.3 Å². The summed E-state index contributed by atoms with van der Waals surface area (Å²) < 4.78 is 50.4. The lowest BCUT2D eigenvalue weighted by Gasteiger charge is -2.37. The molecule has 210 valence electrons. The van der Waals surface area contributed by atoms with Gasteiger partial charge in [0.25, 0.3) is 0 Å².